The quantitative estimate of drug-likeness (QED) is 0.928. The molecule has 0 aliphatic carbocycles. The first kappa shape index (κ1) is 13.6. The van der Waals surface area contributed by atoms with Gasteiger partial charge in [0.2, 0.25) is 0 Å². The lowest BCUT2D eigenvalue weighted by atomic mass is 10.0. The van der Waals surface area contributed by atoms with Gasteiger partial charge in [0.1, 0.15) is 0 Å². The Hall–Kier alpha value is -1.82. The number of hydrogen-bond acceptors (Lipinski definition) is 2. The molecule has 0 aliphatic heterocycles. The first-order chi connectivity index (χ1) is 8.93. The van der Waals surface area contributed by atoms with Gasteiger partial charge in [-0.2, -0.15) is 13.2 Å². The van der Waals surface area contributed by atoms with Crippen LogP contribution in [0.5, 0.6) is 0 Å². The highest BCUT2D eigenvalue weighted by Crippen LogP contribution is 2.31. The van der Waals surface area contributed by atoms with Gasteiger partial charge in [0, 0.05) is 7.05 Å². The standard InChI is InChI=1S/C13H14F3N3/c1-17-12(11-7-18-8-19(11)2)9-4-3-5-10(6-9)13(14,15)16/h3-8,12,17H,1-2H3. The van der Waals surface area contributed by atoms with E-state index in [0.29, 0.717) is 5.56 Å². The van der Waals surface area contributed by atoms with Gasteiger partial charge >= 0.3 is 6.18 Å². The van der Waals surface area contributed by atoms with E-state index in [4.69, 9.17) is 0 Å². The maximum absolute atomic E-state index is 12.7. The largest absolute Gasteiger partial charge is 0.416 e. The molecule has 0 amide bonds. The summed E-state index contributed by atoms with van der Waals surface area (Å²) < 4.78 is 39.9. The fourth-order valence-corrected chi connectivity index (χ4v) is 2.03. The van der Waals surface area contributed by atoms with Crippen LogP contribution in [0.3, 0.4) is 0 Å². The predicted octanol–water partition coefficient (Wildman–Crippen LogP) is 2.75. The van der Waals surface area contributed by atoms with E-state index in [1.165, 1.54) is 6.07 Å². The number of nitrogens with zero attached hydrogens (tertiary/aromatic N) is 2. The Morgan fingerprint density at radius 2 is 2.05 bits per heavy atom. The SMILES string of the molecule is CNC(c1cccc(C(F)(F)F)c1)c1cncn1C. The topological polar surface area (TPSA) is 29.9 Å². The summed E-state index contributed by atoms with van der Waals surface area (Å²) in [6, 6.07) is 4.99. The average molecular weight is 269 g/mol. The van der Waals surface area contributed by atoms with Crippen LogP contribution >= 0.6 is 0 Å². The van der Waals surface area contributed by atoms with Crippen molar-refractivity contribution in [3.05, 3.63) is 53.6 Å². The zero-order valence-electron chi connectivity index (χ0n) is 10.6. The van der Waals surface area contributed by atoms with E-state index < -0.39 is 11.7 Å². The molecule has 1 unspecified atom stereocenters. The number of aromatic nitrogens is 2. The van der Waals surface area contributed by atoms with Crippen molar-refractivity contribution < 1.29 is 13.2 Å². The van der Waals surface area contributed by atoms with Crippen molar-refractivity contribution in [1.29, 1.82) is 0 Å². The van der Waals surface area contributed by atoms with Crippen molar-refractivity contribution >= 4 is 0 Å². The normalized spacial score (nSPS) is 13.5. The van der Waals surface area contributed by atoms with Crippen molar-refractivity contribution in [3.63, 3.8) is 0 Å². The van der Waals surface area contributed by atoms with E-state index in [-0.39, 0.29) is 6.04 Å². The summed E-state index contributed by atoms with van der Waals surface area (Å²) in [7, 11) is 3.51. The molecule has 0 fully saturated rings. The van der Waals surface area contributed by atoms with Crippen molar-refractivity contribution in [1.82, 2.24) is 14.9 Å². The third-order valence-corrected chi connectivity index (χ3v) is 2.99. The minimum Gasteiger partial charge on any atom is -0.336 e. The van der Waals surface area contributed by atoms with Gasteiger partial charge in [0.25, 0.3) is 0 Å². The predicted molar refractivity (Wildman–Crippen MR) is 65.6 cm³/mol. The van der Waals surface area contributed by atoms with Crippen LogP contribution in [0.1, 0.15) is 22.9 Å². The molecule has 102 valence electrons. The Morgan fingerprint density at radius 3 is 2.58 bits per heavy atom. The second-order valence-corrected chi connectivity index (χ2v) is 4.27. The van der Waals surface area contributed by atoms with Gasteiger partial charge in [-0.1, -0.05) is 12.1 Å². The molecule has 3 nitrogen and oxygen atoms in total. The lowest BCUT2D eigenvalue weighted by Gasteiger charge is -2.18. The van der Waals surface area contributed by atoms with Crippen LogP contribution in [0.4, 0.5) is 13.2 Å². The van der Waals surface area contributed by atoms with Crippen LogP contribution in [0.2, 0.25) is 0 Å². The van der Waals surface area contributed by atoms with E-state index in [1.807, 2.05) is 0 Å². The molecule has 0 saturated heterocycles. The Morgan fingerprint density at radius 1 is 1.32 bits per heavy atom. The molecular weight excluding hydrogens is 255 g/mol. The first-order valence-corrected chi connectivity index (χ1v) is 5.74. The van der Waals surface area contributed by atoms with Gasteiger partial charge < -0.3 is 9.88 Å². The zero-order valence-corrected chi connectivity index (χ0v) is 10.6. The number of nitrogens with one attached hydrogen (secondary N) is 1. The third kappa shape index (κ3) is 2.78. The molecule has 0 bridgehead atoms. The van der Waals surface area contributed by atoms with Crippen LogP contribution in [0.25, 0.3) is 0 Å². The first-order valence-electron chi connectivity index (χ1n) is 5.74. The minimum absolute atomic E-state index is 0.324. The van der Waals surface area contributed by atoms with Gasteiger partial charge in [-0.15, -0.1) is 0 Å². The van der Waals surface area contributed by atoms with Crippen molar-refractivity contribution in [2.24, 2.45) is 7.05 Å². The number of hydrogen-bond donors (Lipinski definition) is 1. The van der Waals surface area contributed by atoms with Gasteiger partial charge in [-0.25, -0.2) is 4.98 Å². The molecule has 0 aliphatic rings. The van der Waals surface area contributed by atoms with Crippen LogP contribution < -0.4 is 5.32 Å². The number of benzene rings is 1. The maximum atomic E-state index is 12.7. The van der Waals surface area contributed by atoms with E-state index >= 15 is 0 Å². The van der Waals surface area contributed by atoms with Gasteiger partial charge in [0.15, 0.2) is 0 Å². The highest BCUT2D eigenvalue weighted by molar-refractivity contribution is 5.32. The Kier molecular flexibility index (Phi) is 3.61. The van der Waals surface area contributed by atoms with E-state index in [0.717, 1.165) is 17.8 Å². The minimum atomic E-state index is -4.33. The summed E-state index contributed by atoms with van der Waals surface area (Å²) in [4.78, 5) is 3.99. The summed E-state index contributed by atoms with van der Waals surface area (Å²) in [6.07, 6.45) is -1.07. The van der Waals surface area contributed by atoms with Crippen molar-refractivity contribution in [3.8, 4) is 0 Å². The molecule has 0 radical (unpaired) electrons. The smallest absolute Gasteiger partial charge is 0.336 e. The van der Waals surface area contributed by atoms with Crippen molar-refractivity contribution in [2.75, 3.05) is 7.05 Å². The van der Waals surface area contributed by atoms with Crippen LogP contribution in [0.15, 0.2) is 36.8 Å². The summed E-state index contributed by atoms with van der Waals surface area (Å²) in [5.74, 6) is 0. The number of rotatable bonds is 3. The zero-order chi connectivity index (χ0) is 14.0. The highest BCUT2D eigenvalue weighted by atomic mass is 19.4. The van der Waals surface area contributed by atoms with Crippen LogP contribution in [0, 0.1) is 0 Å². The molecule has 2 rings (SSSR count). The fourth-order valence-electron chi connectivity index (χ4n) is 2.03. The lowest BCUT2D eigenvalue weighted by molar-refractivity contribution is -0.137. The van der Waals surface area contributed by atoms with E-state index in [1.54, 1.807) is 37.3 Å². The van der Waals surface area contributed by atoms with Crippen LogP contribution in [-0.2, 0) is 13.2 Å². The van der Waals surface area contributed by atoms with E-state index in [9.17, 15) is 13.2 Å². The number of halogens is 3. The Labute approximate surface area is 109 Å². The summed E-state index contributed by atoms with van der Waals surface area (Å²) in [6.45, 7) is 0. The monoisotopic (exact) mass is 269 g/mol. The second kappa shape index (κ2) is 5.05. The molecule has 1 heterocycles. The highest BCUT2D eigenvalue weighted by Gasteiger charge is 2.31. The Balaban J connectivity index is 2.42. The number of imidazole rings is 1. The molecular formula is C13H14F3N3. The average Bonchev–Trinajstić information content (AvgIpc) is 2.76. The summed E-state index contributed by atoms with van der Waals surface area (Å²) in [5.41, 5.74) is 0.718. The molecule has 6 heteroatoms. The van der Waals surface area contributed by atoms with E-state index in [2.05, 4.69) is 10.3 Å². The Bertz CT molecular complexity index is 560. The summed E-state index contributed by atoms with van der Waals surface area (Å²) >= 11 is 0. The fraction of sp³-hybridized carbons (Fsp3) is 0.308. The maximum Gasteiger partial charge on any atom is 0.416 e. The molecule has 1 aromatic carbocycles. The third-order valence-electron chi connectivity index (χ3n) is 2.99. The van der Waals surface area contributed by atoms with Crippen molar-refractivity contribution in [2.45, 2.75) is 12.2 Å². The molecule has 1 aromatic heterocycles. The van der Waals surface area contributed by atoms with Crippen LogP contribution in [-0.4, -0.2) is 16.6 Å². The number of aryl methyl sites for hydroxylation is 1. The number of alkyl halides is 3. The molecule has 0 spiro atoms. The molecule has 19 heavy (non-hydrogen) atoms. The molecule has 0 saturated carbocycles. The van der Waals surface area contributed by atoms with Gasteiger partial charge in [-0.05, 0) is 24.7 Å². The summed E-state index contributed by atoms with van der Waals surface area (Å²) in [5, 5.41) is 3.01. The molecule has 1 N–H and O–H groups in total. The van der Waals surface area contributed by atoms with Gasteiger partial charge in [0.05, 0.1) is 29.8 Å². The van der Waals surface area contributed by atoms with Gasteiger partial charge in [-0.3, -0.25) is 0 Å². The molecule has 1 atom stereocenters. The second-order valence-electron chi connectivity index (χ2n) is 4.27. The lowest BCUT2D eigenvalue weighted by Crippen LogP contribution is -2.20. The molecule has 2 aromatic rings.